The quantitative estimate of drug-likeness (QED) is 0.910. The molecule has 0 bridgehead atoms. The van der Waals surface area contributed by atoms with E-state index in [0.29, 0.717) is 10.0 Å². The fourth-order valence-corrected chi connectivity index (χ4v) is 2.90. The molecule has 1 unspecified atom stereocenters. The molecular weight excluding hydrogens is 337 g/mol. The maximum Gasteiger partial charge on any atom is 0.0749 e. The molecule has 0 aliphatic carbocycles. The lowest BCUT2D eigenvalue weighted by Crippen LogP contribution is -2.18. The second-order valence-electron chi connectivity index (χ2n) is 3.84. The number of hydrogen-bond acceptors (Lipinski definition) is 2. The molecular formula is C12H12BrCl2N3. The van der Waals surface area contributed by atoms with E-state index >= 15 is 0 Å². The summed E-state index contributed by atoms with van der Waals surface area (Å²) in [7, 11) is 0. The highest BCUT2D eigenvalue weighted by Gasteiger charge is 2.19. The molecule has 2 aromatic rings. The molecule has 1 aromatic heterocycles. The molecule has 18 heavy (non-hydrogen) atoms. The Labute approximate surface area is 124 Å². The second-order valence-corrected chi connectivity index (χ2v) is 5.53. The summed E-state index contributed by atoms with van der Waals surface area (Å²) in [5.74, 6) is 0. The molecule has 0 aliphatic heterocycles. The molecule has 0 amide bonds. The summed E-state index contributed by atoms with van der Waals surface area (Å²) in [6.07, 6.45) is 1.74. The molecule has 2 N–H and O–H groups in total. The maximum atomic E-state index is 6.27. The molecule has 0 spiro atoms. The van der Waals surface area contributed by atoms with E-state index in [1.807, 2.05) is 17.7 Å². The van der Waals surface area contributed by atoms with Crippen molar-refractivity contribution in [3.8, 4) is 0 Å². The van der Waals surface area contributed by atoms with Crippen LogP contribution in [0.2, 0.25) is 10.0 Å². The number of aryl methyl sites for hydroxylation is 1. The van der Waals surface area contributed by atoms with Gasteiger partial charge in [0.15, 0.2) is 0 Å². The average molecular weight is 349 g/mol. The van der Waals surface area contributed by atoms with Crippen LogP contribution in [0.5, 0.6) is 0 Å². The maximum absolute atomic E-state index is 6.27. The van der Waals surface area contributed by atoms with E-state index in [1.165, 1.54) is 0 Å². The number of aromatic nitrogens is 2. The topological polar surface area (TPSA) is 43.8 Å². The number of benzene rings is 1. The van der Waals surface area contributed by atoms with Crippen molar-refractivity contribution < 1.29 is 0 Å². The first-order chi connectivity index (χ1) is 8.54. The predicted octanol–water partition coefficient (Wildman–Crippen LogP) is 4.02. The third kappa shape index (κ3) is 2.57. The van der Waals surface area contributed by atoms with Gasteiger partial charge in [-0.1, -0.05) is 29.3 Å². The van der Waals surface area contributed by atoms with Crippen molar-refractivity contribution in [3.05, 3.63) is 50.2 Å². The van der Waals surface area contributed by atoms with E-state index in [2.05, 4.69) is 21.0 Å². The molecule has 1 aromatic carbocycles. The van der Waals surface area contributed by atoms with Crippen LogP contribution in [-0.2, 0) is 6.54 Å². The summed E-state index contributed by atoms with van der Waals surface area (Å²) in [4.78, 5) is 0. The molecule has 0 saturated heterocycles. The van der Waals surface area contributed by atoms with Crippen molar-refractivity contribution in [3.63, 3.8) is 0 Å². The minimum Gasteiger partial charge on any atom is -0.319 e. The Kier molecular flexibility index (Phi) is 4.33. The molecule has 0 radical (unpaired) electrons. The number of halogens is 3. The molecule has 96 valence electrons. The Morgan fingerprint density at radius 2 is 2.17 bits per heavy atom. The molecule has 1 atom stereocenters. The predicted molar refractivity (Wildman–Crippen MR) is 78.1 cm³/mol. The van der Waals surface area contributed by atoms with Gasteiger partial charge in [-0.05, 0) is 40.5 Å². The summed E-state index contributed by atoms with van der Waals surface area (Å²) in [5.41, 5.74) is 8.01. The van der Waals surface area contributed by atoms with Gasteiger partial charge in [-0.2, -0.15) is 5.10 Å². The summed E-state index contributed by atoms with van der Waals surface area (Å²) in [6, 6.07) is 4.98. The van der Waals surface area contributed by atoms with Crippen LogP contribution in [0.4, 0.5) is 0 Å². The zero-order valence-corrected chi connectivity index (χ0v) is 12.8. The highest BCUT2D eigenvalue weighted by atomic mass is 79.9. The van der Waals surface area contributed by atoms with E-state index in [-0.39, 0.29) is 6.04 Å². The lowest BCUT2D eigenvalue weighted by Gasteiger charge is -2.16. The van der Waals surface area contributed by atoms with E-state index in [0.717, 1.165) is 22.3 Å². The number of nitrogens with zero attached hydrogens (tertiary/aromatic N) is 2. The van der Waals surface area contributed by atoms with Crippen LogP contribution in [0.25, 0.3) is 0 Å². The van der Waals surface area contributed by atoms with Gasteiger partial charge >= 0.3 is 0 Å². The normalized spacial score (nSPS) is 12.7. The highest BCUT2D eigenvalue weighted by molar-refractivity contribution is 9.10. The third-order valence-corrected chi connectivity index (χ3v) is 3.90. The standard InChI is InChI=1S/C12H12BrCl2N3/c1-2-18-12(9(13)6-17-18)11(16)8-4-3-7(14)5-10(8)15/h3-6,11H,2,16H2,1H3. The highest BCUT2D eigenvalue weighted by Crippen LogP contribution is 2.32. The molecule has 0 fully saturated rings. The van der Waals surface area contributed by atoms with E-state index in [9.17, 15) is 0 Å². The first kappa shape index (κ1) is 13.9. The molecule has 0 aliphatic rings. The van der Waals surface area contributed by atoms with E-state index in [4.69, 9.17) is 28.9 Å². The van der Waals surface area contributed by atoms with Crippen LogP contribution in [0.3, 0.4) is 0 Å². The third-order valence-electron chi connectivity index (χ3n) is 2.72. The smallest absolute Gasteiger partial charge is 0.0749 e. The first-order valence-electron chi connectivity index (χ1n) is 5.46. The minimum atomic E-state index is -0.341. The zero-order chi connectivity index (χ0) is 13.3. The van der Waals surface area contributed by atoms with Crippen LogP contribution >= 0.6 is 39.1 Å². The van der Waals surface area contributed by atoms with E-state index < -0.39 is 0 Å². The monoisotopic (exact) mass is 347 g/mol. The average Bonchev–Trinajstić information content (AvgIpc) is 2.69. The number of rotatable bonds is 3. The lowest BCUT2D eigenvalue weighted by atomic mass is 10.0. The Balaban J connectivity index is 2.47. The van der Waals surface area contributed by atoms with Gasteiger partial charge in [-0.15, -0.1) is 0 Å². The summed E-state index contributed by atoms with van der Waals surface area (Å²) < 4.78 is 2.72. The fraction of sp³-hybridized carbons (Fsp3) is 0.250. The second kappa shape index (κ2) is 5.61. The van der Waals surface area contributed by atoms with E-state index in [1.54, 1.807) is 18.3 Å². The Hall–Kier alpha value is -0.550. The molecule has 0 saturated carbocycles. The van der Waals surface area contributed by atoms with Gasteiger partial charge in [-0.3, -0.25) is 4.68 Å². The van der Waals surface area contributed by atoms with Crippen molar-refractivity contribution in [1.29, 1.82) is 0 Å². The SMILES string of the molecule is CCn1ncc(Br)c1C(N)c1ccc(Cl)cc1Cl. The summed E-state index contributed by atoms with van der Waals surface area (Å²) >= 11 is 15.5. The van der Waals surface area contributed by atoms with Gasteiger partial charge in [-0.25, -0.2) is 0 Å². The van der Waals surface area contributed by atoms with Crippen molar-refractivity contribution in [2.75, 3.05) is 0 Å². The van der Waals surface area contributed by atoms with Gasteiger partial charge in [0.2, 0.25) is 0 Å². The van der Waals surface area contributed by atoms with Crippen LogP contribution in [0.15, 0.2) is 28.9 Å². The van der Waals surface area contributed by atoms with Gasteiger partial charge in [0.25, 0.3) is 0 Å². The molecule has 3 nitrogen and oxygen atoms in total. The number of hydrogen-bond donors (Lipinski definition) is 1. The zero-order valence-electron chi connectivity index (χ0n) is 9.70. The molecule has 1 heterocycles. The summed E-state index contributed by atoms with van der Waals surface area (Å²) in [5, 5.41) is 5.41. The molecule has 6 heteroatoms. The van der Waals surface area contributed by atoms with Crippen molar-refractivity contribution in [2.45, 2.75) is 19.5 Å². The number of nitrogens with two attached hydrogens (primary N) is 1. The summed E-state index contributed by atoms with van der Waals surface area (Å²) in [6.45, 7) is 2.76. The molecule has 2 rings (SSSR count). The Bertz CT molecular complexity index is 568. The van der Waals surface area contributed by atoms with Crippen molar-refractivity contribution in [2.24, 2.45) is 5.73 Å². The van der Waals surface area contributed by atoms with Crippen LogP contribution < -0.4 is 5.73 Å². The van der Waals surface area contributed by atoms with Gasteiger partial charge in [0.1, 0.15) is 0 Å². The van der Waals surface area contributed by atoms with Crippen LogP contribution in [0.1, 0.15) is 24.2 Å². The van der Waals surface area contributed by atoms with Crippen LogP contribution in [0, 0.1) is 0 Å². The van der Waals surface area contributed by atoms with Crippen molar-refractivity contribution in [1.82, 2.24) is 9.78 Å². The van der Waals surface area contributed by atoms with Gasteiger partial charge in [0.05, 0.1) is 22.4 Å². The Morgan fingerprint density at radius 1 is 1.44 bits per heavy atom. The largest absolute Gasteiger partial charge is 0.319 e. The van der Waals surface area contributed by atoms with Gasteiger partial charge < -0.3 is 5.73 Å². The minimum absolute atomic E-state index is 0.341. The van der Waals surface area contributed by atoms with Crippen molar-refractivity contribution >= 4 is 39.1 Å². The first-order valence-corrected chi connectivity index (χ1v) is 7.01. The lowest BCUT2D eigenvalue weighted by molar-refractivity contribution is 0.599. The van der Waals surface area contributed by atoms with Crippen LogP contribution in [-0.4, -0.2) is 9.78 Å². The van der Waals surface area contributed by atoms with Gasteiger partial charge in [0, 0.05) is 16.6 Å². The fourth-order valence-electron chi connectivity index (χ4n) is 1.83. The Morgan fingerprint density at radius 3 is 2.78 bits per heavy atom.